The van der Waals surface area contributed by atoms with Crippen molar-refractivity contribution in [2.24, 2.45) is 0 Å². The number of nitro benzene ring substituents is 1. The van der Waals surface area contributed by atoms with E-state index in [1.54, 1.807) is 0 Å². The van der Waals surface area contributed by atoms with Crippen molar-refractivity contribution in [1.29, 1.82) is 0 Å². The Bertz CT molecular complexity index is 714. The largest absolute Gasteiger partial charge is 0.496 e. The van der Waals surface area contributed by atoms with Gasteiger partial charge in [0.15, 0.2) is 6.61 Å². The number of esters is 1. The maximum Gasteiger partial charge on any atom is 0.342 e. The molecular weight excluding hydrogens is 340 g/mol. The number of allylic oxidation sites excluding steroid dienone is 1. The van der Waals surface area contributed by atoms with Crippen molar-refractivity contribution >= 4 is 17.6 Å². The number of hydrogen-bond acceptors (Lipinski definition) is 6. The van der Waals surface area contributed by atoms with Crippen LogP contribution in [-0.4, -0.2) is 37.1 Å². The molecule has 1 N–H and O–H groups in total. The third-order valence-corrected chi connectivity index (χ3v) is 4.10. The maximum absolute atomic E-state index is 12.1. The number of ether oxygens (including phenoxy) is 2. The quantitative estimate of drug-likeness (QED) is 0.330. The molecule has 0 aliphatic heterocycles. The van der Waals surface area contributed by atoms with E-state index in [1.807, 2.05) is 0 Å². The van der Waals surface area contributed by atoms with Crippen LogP contribution in [-0.2, 0) is 9.53 Å². The van der Waals surface area contributed by atoms with Crippen LogP contribution in [0.2, 0.25) is 0 Å². The van der Waals surface area contributed by atoms with Crippen molar-refractivity contribution in [1.82, 2.24) is 5.32 Å². The first-order valence-corrected chi connectivity index (χ1v) is 8.45. The van der Waals surface area contributed by atoms with Crippen molar-refractivity contribution < 1.29 is 24.0 Å². The molecule has 0 radical (unpaired) electrons. The molecule has 0 saturated carbocycles. The Morgan fingerprint density at radius 2 is 2.12 bits per heavy atom. The first-order valence-electron chi connectivity index (χ1n) is 8.45. The summed E-state index contributed by atoms with van der Waals surface area (Å²) in [5.41, 5.74) is 0.986. The van der Waals surface area contributed by atoms with Crippen LogP contribution in [0.5, 0.6) is 5.75 Å². The Morgan fingerprint density at radius 1 is 1.31 bits per heavy atom. The summed E-state index contributed by atoms with van der Waals surface area (Å²) >= 11 is 0. The monoisotopic (exact) mass is 362 g/mol. The Hall–Kier alpha value is -2.90. The second-order valence-electron chi connectivity index (χ2n) is 5.93. The van der Waals surface area contributed by atoms with Crippen molar-refractivity contribution in [3.63, 3.8) is 0 Å². The lowest BCUT2D eigenvalue weighted by molar-refractivity contribution is -0.384. The molecule has 0 heterocycles. The van der Waals surface area contributed by atoms with Gasteiger partial charge in [-0.05, 0) is 38.2 Å². The van der Waals surface area contributed by atoms with E-state index in [9.17, 15) is 19.7 Å². The van der Waals surface area contributed by atoms with Gasteiger partial charge in [0.05, 0.1) is 12.0 Å². The van der Waals surface area contributed by atoms with Gasteiger partial charge in [-0.25, -0.2) is 4.79 Å². The van der Waals surface area contributed by atoms with Gasteiger partial charge in [-0.15, -0.1) is 0 Å². The summed E-state index contributed by atoms with van der Waals surface area (Å²) in [6.07, 6.45) is 7.56. The maximum atomic E-state index is 12.1. The first-order chi connectivity index (χ1) is 12.5. The lowest BCUT2D eigenvalue weighted by atomic mass is 9.97. The van der Waals surface area contributed by atoms with Crippen LogP contribution in [0.1, 0.15) is 42.5 Å². The van der Waals surface area contributed by atoms with E-state index in [2.05, 4.69) is 11.4 Å². The van der Waals surface area contributed by atoms with E-state index in [0.717, 1.165) is 25.3 Å². The number of nitrogens with one attached hydrogen (secondary N) is 1. The molecule has 0 fully saturated rings. The van der Waals surface area contributed by atoms with Crippen molar-refractivity contribution in [2.75, 3.05) is 20.3 Å². The fraction of sp³-hybridized carbons (Fsp3) is 0.444. The predicted molar refractivity (Wildman–Crippen MR) is 94.1 cm³/mol. The van der Waals surface area contributed by atoms with Crippen molar-refractivity contribution in [3.05, 3.63) is 45.5 Å². The van der Waals surface area contributed by atoms with Crippen LogP contribution in [0.3, 0.4) is 0 Å². The first kappa shape index (κ1) is 19.4. The van der Waals surface area contributed by atoms with Crippen LogP contribution < -0.4 is 10.1 Å². The SMILES string of the molecule is COc1ccc([N+](=O)[O-])cc1C(=O)OCC(=O)NCCC1=CCCCC1. The molecule has 140 valence electrons. The zero-order chi connectivity index (χ0) is 18.9. The molecule has 1 aliphatic carbocycles. The molecule has 0 bridgehead atoms. The van der Waals surface area contributed by atoms with Gasteiger partial charge in [-0.3, -0.25) is 14.9 Å². The van der Waals surface area contributed by atoms with Crippen LogP contribution >= 0.6 is 0 Å². The van der Waals surface area contributed by atoms with Gasteiger partial charge in [0.1, 0.15) is 11.3 Å². The molecule has 1 aromatic carbocycles. The third-order valence-electron chi connectivity index (χ3n) is 4.10. The minimum Gasteiger partial charge on any atom is -0.496 e. The number of benzene rings is 1. The minimum atomic E-state index is -0.851. The van der Waals surface area contributed by atoms with Gasteiger partial charge in [0, 0.05) is 18.7 Å². The Balaban J connectivity index is 1.83. The molecule has 8 nitrogen and oxygen atoms in total. The molecular formula is C18H22N2O6. The molecule has 26 heavy (non-hydrogen) atoms. The Morgan fingerprint density at radius 3 is 2.77 bits per heavy atom. The van der Waals surface area contributed by atoms with Crippen LogP contribution in [0.4, 0.5) is 5.69 Å². The summed E-state index contributed by atoms with van der Waals surface area (Å²) < 4.78 is 9.95. The fourth-order valence-electron chi connectivity index (χ4n) is 2.72. The number of hydrogen-bond donors (Lipinski definition) is 1. The van der Waals surface area contributed by atoms with Crippen LogP contribution in [0, 0.1) is 10.1 Å². The highest BCUT2D eigenvalue weighted by atomic mass is 16.6. The zero-order valence-electron chi connectivity index (χ0n) is 14.7. The highest BCUT2D eigenvalue weighted by Crippen LogP contribution is 2.24. The molecule has 0 unspecified atom stereocenters. The molecule has 1 aliphatic rings. The van der Waals surface area contributed by atoms with E-state index in [4.69, 9.17) is 9.47 Å². The molecule has 1 aromatic rings. The smallest absolute Gasteiger partial charge is 0.342 e. The van der Waals surface area contributed by atoms with Crippen molar-refractivity contribution in [2.45, 2.75) is 32.1 Å². The summed E-state index contributed by atoms with van der Waals surface area (Å²) in [5.74, 6) is -1.12. The molecule has 2 rings (SSSR count). The van der Waals surface area contributed by atoms with Gasteiger partial charge < -0.3 is 14.8 Å². The molecule has 0 saturated heterocycles. The van der Waals surface area contributed by atoms with E-state index in [-0.39, 0.29) is 17.0 Å². The molecule has 8 heteroatoms. The number of nitro groups is 1. The second-order valence-corrected chi connectivity index (χ2v) is 5.93. The van der Waals surface area contributed by atoms with Crippen molar-refractivity contribution in [3.8, 4) is 5.75 Å². The highest BCUT2D eigenvalue weighted by Gasteiger charge is 2.19. The molecule has 1 amide bonds. The average molecular weight is 362 g/mol. The predicted octanol–water partition coefficient (Wildman–Crippen LogP) is 2.77. The van der Waals surface area contributed by atoms with Crippen LogP contribution in [0.15, 0.2) is 29.8 Å². The van der Waals surface area contributed by atoms with Gasteiger partial charge in [0.2, 0.25) is 0 Å². The summed E-state index contributed by atoms with van der Waals surface area (Å²) in [6.45, 7) is 0.0338. The number of methoxy groups -OCH3 is 1. The number of non-ortho nitro benzene ring substituents is 1. The lowest BCUT2D eigenvalue weighted by Crippen LogP contribution is -2.30. The summed E-state index contributed by atoms with van der Waals surface area (Å²) in [5, 5.41) is 13.5. The normalized spacial score (nSPS) is 13.5. The Labute approximate surface area is 151 Å². The fourth-order valence-corrected chi connectivity index (χ4v) is 2.72. The van der Waals surface area contributed by atoms with Crippen LogP contribution in [0.25, 0.3) is 0 Å². The highest BCUT2D eigenvalue weighted by molar-refractivity contribution is 5.94. The summed E-state index contributed by atoms with van der Waals surface area (Å²) in [7, 11) is 1.34. The number of rotatable bonds is 8. The topological polar surface area (TPSA) is 108 Å². The second kappa shape index (κ2) is 9.55. The summed E-state index contributed by atoms with van der Waals surface area (Å²) in [6, 6.07) is 3.60. The molecule has 0 atom stereocenters. The van der Waals surface area contributed by atoms with E-state index in [0.29, 0.717) is 6.54 Å². The number of nitrogens with zero attached hydrogens (tertiary/aromatic N) is 1. The summed E-state index contributed by atoms with van der Waals surface area (Å²) in [4.78, 5) is 34.1. The Kier molecular flexibility index (Phi) is 7.13. The van der Waals surface area contributed by atoms with Gasteiger partial charge in [0.25, 0.3) is 11.6 Å². The average Bonchev–Trinajstić information content (AvgIpc) is 2.66. The van der Waals surface area contributed by atoms with Gasteiger partial charge in [-0.1, -0.05) is 11.6 Å². The zero-order valence-corrected chi connectivity index (χ0v) is 14.7. The van der Waals surface area contributed by atoms with E-state index in [1.165, 1.54) is 37.7 Å². The van der Waals surface area contributed by atoms with E-state index >= 15 is 0 Å². The minimum absolute atomic E-state index is 0.0955. The standard InChI is InChI=1S/C18H22N2O6/c1-25-16-8-7-14(20(23)24)11-15(16)18(22)26-12-17(21)19-10-9-13-5-3-2-4-6-13/h5,7-8,11H,2-4,6,9-10,12H2,1H3,(H,19,21). The molecule has 0 spiro atoms. The van der Waals surface area contributed by atoms with Gasteiger partial charge in [-0.2, -0.15) is 0 Å². The van der Waals surface area contributed by atoms with Gasteiger partial charge >= 0.3 is 5.97 Å². The lowest BCUT2D eigenvalue weighted by Gasteiger charge is -2.13. The van der Waals surface area contributed by atoms with E-state index < -0.39 is 23.4 Å². The number of amides is 1. The third kappa shape index (κ3) is 5.58. The number of carbonyl (C=O) groups excluding carboxylic acids is 2. The number of carbonyl (C=O) groups is 2. The molecule has 0 aromatic heterocycles.